The van der Waals surface area contributed by atoms with E-state index in [9.17, 15) is 23.9 Å². The van der Waals surface area contributed by atoms with Crippen LogP contribution in [0.2, 0.25) is 0 Å². The Morgan fingerprint density at radius 1 is 1.24 bits per heavy atom. The Morgan fingerprint density at radius 2 is 1.98 bits per heavy atom. The molecule has 1 aromatic carbocycles. The van der Waals surface area contributed by atoms with Gasteiger partial charge in [0.15, 0.2) is 0 Å². The van der Waals surface area contributed by atoms with Crippen LogP contribution in [0.25, 0.3) is 15.2 Å². The van der Waals surface area contributed by atoms with Gasteiger partial charge in [0.25, 0.3) is 5.56 Å². The van der Waals surface area contributed by atoms with Crippen LogP contribution in [0.15, 0.2) is 46.2 Å². The zero-order valence-corrected chi connectivity index (χ0v) is 26.4. The van der Waals surface area contributed by atoms with Gasteiger partial charge in [-0.05, 0) is 57.9 Å². The molecule has 2 aliphatic rings. The number of likely N-dealkylation sites (tertiary alicyclic amines) is 1. The summed E-state index contributed by atoms with van der Waals surface area (Å²) in [5.74, 6) is -0.567. The number of halogens is 1. The van der Waals surface area contributed by atoms with Gasteiger partial charge in [0.05, 0.1) is 31.2 Å². The predicted octanol–water partition coefficient (Wildman–Crippen LogP) is 2.74. The smallest absolute Gasteiger partial charge is 0.333 e. The molecule has 0 spiro atoms. The van der Waals surface area contributed by atoms with Gasteiger partial charge in [0.1, 0.15) is 33.0 Å². The maximum Gasteiger partial charge on any atom is 0.333 e. The molecule has 4 aromatic rings. The molecule has 12 nitrogen and oxygen atoms in total. The maximum absolute atomic E-state index is 14.7. The summed E-state index contributed by atoms with van der Waals surface area (Å²) in [6, 6.07) is 5.89. The summed E-state index contributed by atoms with van der Waals surface area (Å²) >= 11 is 1.22. The Bertz CT molecular complexity index is 1840. The number of ether oxygens (including phenoxy) is 3. The van der Waals surface area contributed by atoms with E-state index in [2.05, 4.69) is 5.10 Å². The van der Waals surface area contributed by atoms with Gasteiger partial charge in [-0.1, -0.05) is 11.3 Å². The minimum atomic E-state index is -1.59. The molecule has 240 valence electrons. The van der Waals surface area contributed by atoms with Crippen LogP contribution in [-0.4, -0.2) is 80.4 Å². The van der Waals surface area contributed by atoms with E-state index in [1.807, 2.05) is 0 Å². The molecular formula is C31H36FN5O7S. The number of methoxy groups -OCH3 is 1. The van der Waals surface area contributed by atoms with Gasteiger partial charge in [-0.25, -0.2) is 18.4 Å². The molecule has 0 unspecified atom stereocenters. The van der Waals surface area contributed by atoms with E-state index < -0.39 is 40.7 Å². The van der Waals surface area contributed by atoms with Crippen LogP contribution in [0.5, 0.6) is 5.75 Å². The molecule has 0 bridgehead atoms. The molecule has 6 rings (SSSR count). The highest BCUT2D eigenvalue weighted by molar-refractivity contribution is 7.21. The number of aliphatic hydroxyl groups excluding tert-OH is 1. The second kappa shape index (κ2) is 12.2. The number of thiophene rings is 1. The van der Waals surface area contributed by atoms with Crippen molar-refractivity contribution < 1.29 is 28.5 Å². The number of benzene rings is 1. The summed E-state index contributed by atoms with van der Waals surface area (Å²) in [6.45, 7) is 5.99. The highest BCUT2D eigenvalue weighted by Gasteiger charge is 2.42. The van der Waals surface area contributed by atoms with Crippen LogP contribution in [0.4, 0.5) is 4.39 Å². The number of carbonyl (C=O) groups excluding carboxylic acids is 1. The summed E-state index contributed by atoms with van der Waals surface area (Å²) in [6.07, 6.45) is 2.86. The predicted molar refractivity (Wildman–Crippen MR) is 165 cm³/mol. The van der Waals surface area contributed by atoms with E-state index in [1.54, 1.807) is 30.1 Å². The number of fused-ring (bicyclic) bond motifs is 1. The SMILES string of the molecule is COc1ccc(F)cc1[C@H](Cn1c(=O)n(C(C)(C)C(=O)N2CC(O)C2)c(=O)c2c(C)c(-n3cccn3)sc21)OC1CCOCC1. The summed E-state index contributed by atoms with van der Waals surface area (Å²) in [5.41, 5.74) is -1.90. The van der Waals surface area contributed by atoms with Crippen LogP contribution in [0.1, 0.15) is 43.9 Å². The molecule has 45 heavy (non-hydrogen) atoms. The number of carbonyl (C=O) groups is 1. The molecule has 1 atom stereocenters. The van der Waals surface area contributed by atoms with Crippen LogP contribution in [0.3, 0.4) is 0 Å². The van der Waals surface area contributed by atoms with Crippen LogP contribution >= 0.6 is 11.3 Å². The zero-order chi connectivity index (χ0) is 32.0. The minimum Gasteiger partial charge on any atom is -0.496 e. The van der Waals surface area contributed by atoms with Crippen molar-refractivity contribution in [3.63, 3.8) is 0 Å². The fourth-order valence-electron chi connectivity index (χ4n) is 6.08. The molecule has 0 radical (unpaired) electrons. The first-order valence-corrected chi connectivity index (χ1v) is 15.7. The van der Waals surface area contributed by atoms with Gasteiger partial charge in [-0.2, -0.15) is 5.10 Å². The van der Waals surface area contributed by atoms with Gasteiger partial charge < -0.3 is 24.2 Å². The minimum absolute atomic E-state index is 0.0992. The summed E-state index contributed by atoms with van der Waals surface area (Å²) in [4.78, 5) is 44.3. The first kappa shape index (κ1) is 31.1. The van der Waals surface area contributed by atoms with Gasteiger partial charge in [0.2, 0.25) is 5.91 Å². The molecule has 1 amide bonds. The third-order valence-corrected chi connectivity index (χ3v) is 9.85. The number of hydrogen-bond acceptors (Lipinski definition) is 9. The number of β-amino-alcohol motifs (C(OH)–C–C–N with tert-alkyl or cyclic N) is 1. The number of aromatic nitrogens is 4. The van der Waals surface area contributed by atoms with Gasteiger partial charge in [0, 0.05) is 49.8 Å². The lowest BCUT2D eigenvalue weighted by Gasteiger charge is -2.41. The number of aryl methyl sites for hydroxylation is 1. The van der Waals surface area contributed by atoms with Crippen LogP contribution in [-0.2, 0) is 26.4 Å². The standard InChI is InChI=1S/C31H36FN5O7S/c1-18-25-26(39)37(31(2,3)29(40)34-15-20(38)16-34)30(41)35(28(25)45-27(18)36-11-5-10-33-36)17-24(44-21-8-12-43-13-9-21)22-14-19(32)6-7-23(22)42-4/h5-7,10-11,14,20-21,24,38H,8-9,12-13,15-17H2,1-4H3/t24-/m0/s1. The number of aliphatic hydroxyl groups is 1. The van der Waals surface area contributed by atoms with Gasteiger partial charge in [-0.15, -0.1) is 0 Å². The highest BCUT2D eigenvalue weighted by Crippen LogP contribution is 2.36. The molecular weight excluding hydrogens is 605 g/mol. The fraction of sp³-hybridized carbons (Fsp3) is 0.484. The largest absolute Gasteiger partial charge is 0.496 e. The lowest BCUT2D eigenvalue weighted by Crippen LogP contribution is -2.62. The normalized spacial score (nSPS) is 17.1. The number of hydrogen-bond donors (Lipinski definition) is 1. The molecule has 1 N–H and O–H groups in total. The van der Waals surface area contributed by atoms with Gasteiger partial charge in [-0.3, -0.25) is 14.2 Å². The summed E-state index contributed by atoms with van der Waals surface area (Å²) in [5, 5.41) is 15.1. The average Bonchev–Trinajstić information content (AvgIpc) is 3.65. The van der Waals surface area contributed by atoms with E-state index in [-0.39, 0.29) is 31.1 Å². The van der Waals surface area contributed by atoms with Crippen molar-refractivity contribution in [1.82, 2.24) is 23.8 Å². The van der Waals surface area contributed by atoms with Crippen molar-refractivity contribution in [2.24, 2.45) is 0 Å². The molecule has 3 aromatic heterocycles. The first-order valence-electron chi connectivity index (χ1n) is 14.8. The second-order valence-electron chi connectivity index (χ2n) is 11.9. The Hall–Kier alpha value is -3.85. The molecule has 2 saturated heterocycles. The van der Waals surface area contributed by atoms with E-state index in [0.717, 1.165) is 4.57 Å². The monoisotopic (exact) mass is 641 g/mol. The molecule has 0 aliphatic carbocycles. The van der Waals surface area contributed by atoms with E-state index in [4.69, 9.17) is 14.2 Å². The molecule has 2 fully saturated rings. The fourth-order valence-corrected chi connectivity index (χ4v) is 7.33. The van der Waals surface area contributed by atoms with Crippen molar-refractivity contribution in [2.45, 2.75) is 64.0 Å². The number of rotatable bonds is 9. The second-order valence-corrected chi connectivity index (χ2v) is 12.9. The van der Waals surface area contributed by atoms with E-state index >= 15 is 0 Å². The third-order valence-electron chi connectivity index (χ3n) is 8.54. The topological polar surface area (TPSA) is 130 Å². The zero-order valence-electron chi connectivity index (χ0n) is 25.6. The third kappa shape index (κ3) is 5.60. The quantitative estimate of drug-likeness (QED) is 0.296. The first-order chi connectivity index (χ1) is 21.5. The molecule has 0 saturated carbocycles. The van der Waals surface area contributed by atoms with Crippen molar-refractivity contribution in [3.05, 3.63) is 74.4 Å². The Labute approximate surface area is 262 Å². The van der Waals surface area contributed by atoms with E-state index in [1.165, 1.54) is 60.0 Å². The van der Waals surface area contributed by atoms with Crippen LogP contribution in [0, 0.1) is 12.7 Å². The number of nitrogens with zero attached hydrogens (tertiary/aromatic N) is 5. The lowest BCUT2D eigenvalue weighted by molar-refractivity contribution is -0.149. The Morgan fingerprint density at radius 3 is 2.62 bits per heavy atom. The molecule has 14 heteroatoms. The van der Waals surface area contributed by atoms with E-state index in [0.29, 0.717) is 52.8 Å². The number of amides is 1. The molecule has 2 aliphatic heterocycles. The van der Waals surface area contributed by atoms with Crippen molar-refractivity contribution in [1.29, 1.82) is 0 Å². The Kier molecular flexibility index (Phi) is 8.41. The lowest BCUT2D eigenvalue weighted by atomic mass is 9.99. The van der Waals surface area contributed by atoms with Gasteiger partial charge >= 0.3 is 5.69 Å². The van der Waals surface area contributed by atoms with Crippen molar-refractivity contribution >= 4 is 27.5 Å². The van der Waals surface area contributed by atoms with Crippen molar-refractivity contribution in [2.75, 3.05) is 33.4 Å². The van der Waals surface area contributed by atoms with Crippen molar-refractivity contribution in [3.8, 4) is 10.8 Å². The maximum atomic E-state index is 14.7. The summed E-state index contributed by atoms with van der Waals surface area (Å²) in [7, 11) is 1.48. The highest BCUT2D eigenvalue weighted by atomic mass is 32.1. The average molecular weight is 642 g/mol. The Balaban J connectivity index is 1.57. The summed E-state index contributed by atoms with van der Waals surface area (Å²) < 4.78 is 36.4. The van der Waals surface area contributed by atoms with Crippen LogP contribution < -0.4 is 16.0 Å². The molecule has 5 heterocycles.